The van der Waals surface area contributed by atoms with E-state index >= 15 is 0 Å². The van der Waals surface area contributed by atoms with Crippen molar-refractivity contribution in [2.75, 3.05) is 12.8 Å². The van der Waals surface area contributed by atoms with Crippen LogP contribution < -0.4 is 10.5 Å². The molecule has 1 saturated carbocycles. The van der Waals surface area contributed by atoms with Crippen molar-refractivity contribution in [1.82, 2.24) is 9.55 Å². The Kier molecular flexibility index (Phi) is 4.58. The molecular weight excluding hydrogens is 322 g/mol. The molecule has 0 saturated heterocycles. The molecular formula is C22H27N3O. The van der Waals surface area contributed by atoms with Crippen LogP contribution in [-0.4, -0.2) is 16.7 Å². The molecule has 0 amide bonds. The molecule has 2 aliphatic rings. The van der Waals surface area contributed by atoms with Gasteiger partial charge in [0.2, 0.25) is 0 Å². The molecule has 0 spiro atoms. The fourth-order valence-corrected chi connectivity index (χ4v) is 3.81. The fourth-order valence-electron chi connectivity index (χ4n) is 3.81. The van der Waals surface area contributed by atoms with Crippen molar-refractivity contribution in [3.8, 4) is 5.75 Å². The van der Waals surface area contributed by atoms with Gasteiger partial charge in [0.1, 0.15) is 5.75 Å². The lowest BCUT2D eigenvalue weighted by Crippen LogP contribution is -2.10. The van der Waals surface area contributed by atoms with Crippen LogP contribution in [0.2, 0.25) is 0 Å². The number of hydrogen-bond donors (Lipinski definition) is 1. The largest absolute Gasteiger partial charge is 0.497 e. The standard InChI is InChI=1S/C22H27N3O/c1-25-14-21(24-22(25)23)20(18-9-11-19(26-2)12-10-18)13-15-3-5-16(6-4-15)17-7-8-17/h3,5-6,9-12,14-15,17,20H,4,7-8,13H2,1-2H3,(H2,23,24). The van der Waals surface area contributed by atoms with Gasteiger partial charge in [0.05, 0.1) is 12.8 Å². The van der Waals surface area contributed by atoms with E-state index in [0.29, 0.717) is 11.9 Å². The highest BCUT2D eigenvalue weighted by molar-refractivity contribution is 5.36. The highest BCUT2D eigenvalue weighted by Gasteiger charge is 2.27. The highest BCUT2D eigenvalue weighted by atomic mass is 16.5. The van der Waals surface area contributed by atoms with Crippen molar-refractivity contribution in [3.05, 3.63) is 65.5 Å². The van der Waals surface area contributed by atoms with Crippen molar-refractivity contribution in [1.29, 1.82) is 0 Å². The maximum absolute atomic E-state index is 6.00. The first-order chi connectivity index (χ1) is 12.6. The van der Waals surface area contributed by atoms with Gasteiger partial charge in [-0.15, -0.1) is 0 Å². The monoisotopic (exact) mass is 349 g/mol. The van der Waals surface area contributed by atoms with Crippen LogP contribution in [0, 0.1) is 11.8 Å². The Balaban J connectivity index is 1.57. The van der Waals surface area contributed by atoms with Crippen molar-refractivity contribution in [2.24, 2.45) is 18.9 Å². The molecule has 4 rings (SSSR count). The highest BCUT2D eigenvalue weighted by Crippen LogP contribution is 2.41. The Morgan fingerprint density at radius 2 is 2.04 bits per heavy atom. The Bertz CT molecular complexity index is 808. The molecule has 0 bridgehead atoms. The Morgan fingerprint density at radius 3 is 2.58 bits per heavy atom. The van der Waals surface area contributed by atoms with Gasteiger partial charge in [-0.1, -0.05) is 30.4 Å². The van der Waals surface area contributed by atoms with Crippen LogP contribution in [0.4, 0.5) is 5.95 Å². The number of hydrogen-bond acceptors (Lipinski definition) is 3. The first-order valence-electron chi connectivity index (χ1n) is 9.45. The second-order valence-corrected chi connectivity index (χ2v) is 7.53. The SMILES string of the molecule is COc1ccc(C(CC2C=CC(C3CC3)=CC2)c2cn(C)c(N)n2)cc1. The zero-order valence-electron chi connectivity index (χ0n) is 15.6. The van der Waals surface area contributed by atoms with E-state index in [-0.39, 0.29) is 5.92 Å². The second kappa shape index (κ2) is 7.02. The lowest BCUT2D eigenvalue weighted by atomic mass is 9.82. The van der Waals surface area contributed by atoms with Crippen molar-refractivity contribution in [2.45, 2.75) is 31.6 Å². The van der Waals surface area contributed by atoms with Crippen LogP contribution in [0.1, 0.15) is 42.9 Å². The third-order valence-electron chi connectivity index (χ3n) is 5.61. The summed E-state index contributed by atoms with van der Waals surface area (Å²) in [5, 5.41) is 0. The summed E-state index contributed by atoms with van der Waals surface area (Å²) in [4.78, 5) is 4.62. The maximum Gasteiger partial charge on any atom is 0.200 e. The van der Waals surface area contributed by atoms with Crippen LogP contribution >= 0.6 is 0 Å². The Hall–Kier alpha value is -2.49. The van der Waals surface area contributed by atoms with Gasteiger partial charge < -0.3 is 15.0 Å². The molecule has 2 atom stereocenters. The summed E-state index contributed by atoms with van der Waals surface area (Å²) < 4.78 is 7.21. The Labute approximate surface area is 155 Å². The zero-order valence-corrected chi connectivity index (χ0v) is 15.6. The van der Waals surface area contributed by atoms with E-state index < -0.39 is 0 Å². The molecule has 1 heterocycles. The molecule has 4 nitrogen and oxygen atoms in total. The summed E-state index contributed by atoms with van der Waals surface area (Å²) in [5.74, 6) is 3.04. The molecule has 0 aliphatic heterocycles. The number of rotatable bonds is 6. The maximum atomic E-state index is 6.00. The van der Waals surface area contributed by atoms with Gasteiger partial charge in [0, 0.05) is 19.2 Å². The molecule has 2 aliphatic carbocycles. The summed E-state index contributed by atoms with van der Waals surface area (Å²) in [7, 11) is 3.64. The number of aryl methyl sites for hydroxylation is 1. The van der Waals surface area contributed by atoms with E-state index in [2.05, 4.69) is 41.5 Å². The Morgan fingerprint density at radius 1 is 1.27 bits per heavy atom. The molecule has 4 heteroatoms. The molecule has 136 valence electrons. The van der Waals surface area contributed by atoms with Crippen molar-refractivity contribution in [3.63, 3.8) is 0 Å². The minimum atomic E-state index is 0.231. The molecule has 2 unspecified atom stereocenters. The summed E-state index contributed by atoms with van der Waals surface area (Å²) in [6.07, 6.45) is 14.1. The number of benzene rings is 1. The van der Waals surface area contributed by atoms with E-state index in [1.165, 1.54) is 18.4 Å². The molecule has 2 N–H and O–H groups in total. The smallest absolute Gasteiger partial charge is 0.200 e. The molecule has 26 heavy (non-hydrogen) atoms. The normalized spacial score (nSPS) is 20.7. The van der Waals surface area contributed by atoms with Gasteiger partial charge in [-0.25, -0.2) is 4.98 Å². The topological polar surface area (TPSA) is 53.1 Å². The van der Waals surface area contributed by atoms with Crippen LogP contribution in [0.3, 0.4) is 0 Å². The number of nitrogen functional groups attached to an aromatic ring is 1. The predicted octanol–water partition coefficient (Wildman–Crippen LogP) is 4.45. The minimum absolute atomic E-state index is 0.231. The van der Waals surface area contributed by atoms with Gasteiger partial charge in [-0.3, -0.25) is 0 Å². The lowest BCUT2D eigenvalue weighted by molar-refractivity contribution is 0.414. The van der Waals surface area contributed by atoms with E-state index in [0.717, 1.165) is 30.2 Å². The number of ether oxygens (including phenoxy) is 1. The quantitative estimate of drug-likeness (QED) is 0.838. The predicted molar refractivity (Wildman–Crippen MR) is 105 cm³/mol. The average molecular weight is 349 g/mol. The van der Waals surface area contributed by atoms with Gasteiger partial charge in [0.15, 0.2) is 5.95 Å². The summed E-state index contributed by atoms with van der Waals surface area (Å²) in [6.45, 7) is 0. The minimum Gasteiger partial charge on any atom is -0.497 e. The lowest BCUT2D eigenvalue weighted by Gasteiger charge is -2.22. The van der Waals surface area contributed by atoms with Gasteiger partial charge in [-0.2, -0.15) is 0 Å². The third kappa shape index (κ3) is 3.55. The second-order valence-electron chi connectivity index (χ2n) is 7.53. The van der Waals surface area contributed by atoms with Crippen LogP contribution in [0.25, 0.3) is 0 Å². The van der Waals surface area contributed by atoms with Gasteiger partial charge in [0.25, 0.3) is 0 Å². The van der Waals surface area contributed by atoms with Crippen LogP contribution in [0.5, 0.6) is 5.75 Å². The molecule has 1 fully saturated rings. The van der Waals surface area contributed by atoms with Crippen molar-refractivity contribution >= 4 is 5.95 Å². The molecule has 1 aromatic heterocycles. The van der Waals surface area contributed by atoms with E-state index in [1.54, 1.807) is 12.7 Å². The number of anilines is 1. The average Bonchev–Trinajstić information content (AvgIpc) is 3.46. The first-order valence-corrected chi connectivity index (χ1v) is 9.45. The van der Waals surface area contributed by atoms with Gasteiger partial charge in [-0.05, 0) is 60.8 Å². The summed E-state index contributed by atoms with van der Waals surface area (Å²) in [5.41, 5.74) is 9.85. The number of aromatic nitrogens is 2. The first kappa shape index (κ1) is 17.0. The number of nitrogens with two attached hydrogens (primary N) is 1. The summed E-state index contributed by atoms with van der Waals surface area (Å²) >= 11 is 0. The zero-order chi connectivity index (χ0) is 18.1. The van der Waals surface area contributed by atoms with Crippen molar-refractivity contribution < 1.29 is 4.74 Å². The number of nitrogens with zero attached hydrogens (tertiary/aromatic N) is 2. The number of allylic oxidation sites excluding steroid dienone is 4. The van der Waals surface area contributed by atoms with E-state index in [9.17, 15) is 0 Å². The summed E-state index contributed by atoms with van der Waals surface area (Å²) in [6, 6.07) is 8.34. The fraction of sp³-hybridized carbons (Fsp3) is 0.409. The molecule has 0 radical (unpaired) electrons. The molecule has 2 aromatic rings. The number of imidazole rings is 1. The van der Waals surface area contributed by atoms with Gasteiger partial charge >= 0.3 is 0 Å². The third-order valence-corrected chi connectivity index (χ3v) is 5.61. The van der Waals surface area contributed by atoms with Crippen LogP contribution in [0.15, 0.2) is 54.3 Å². The van der Waals surface area contributed by atoms with E-state index in [4.69, 9.17) is 10.5 Å². The number of methoxy groups -OCH3 is 1. The molecule has 1 aromatic carbocycles. The van der Waals surface area contributed by atoms with E-state index in [1.807, 2.05) is 23.7 Å². The van der Waals surface area contributed by atoms with Crippen LogP contribution in [-0.2, 0) is 7.05 Å².